The molecule has 0 saturated heterocycles. The number of aromatic nitrogens is 3. The molecular weight excluding hydrogens is 322 g/mol. The van der Waals surface area contributed by atoms with E-state index >= 15 is 0 Å². The fourth-order valence-corrected chi connectivity index (χ4v) is 2.61. The maximum absolute atomic E-state index is 11.0. The molecule has 0 atom stereocenters. The number of fused-ring (bicyclic) bond motifs is 1. The predicted molar refractivity (Wildman–Crippen MR) is 94.3 cm³/mol. The highest BCUT2D eigenvalue weighted by Crippen LogP contribution is 2.18. The molecule has 1 aromatic carbocycles. The van der Waals surface area contributed by atoms with Crippen LogP contribution in [0.5, 0.6) is 5.75 Å². The molecule has 0 unspecified atom stereocenters. The Morgan fingerprint density at radius 1 is 1.24 bits per heavy atom. The molecule has 0 aliphatic heterocycles. The average molecular weight is 341 g/mol. The lowest BCUT2D eigenvalue weighted by atomic mass is 10.1. The lowest BCUT2D eigenvalue weighted by Gasteiger charge is -2.17. The molecule has 3 rings (SSSR count). The van der Waals surface area contributed by atoms with Crippen molar-refractivity contribution < 1.29 is 9.66 Å². The zero-order valence-corrected chi connectivity index (χ0v) is 14.3. The molecule has 25 heavy (non-hydrogen) atoms. The number of likely N-dealkylation sites (N-methyl/N-ethyl adjacent to an activating group) is 1. The Morgan fingerprint density at radius 2 is 1.96 bits per heavy atom. The minimum atomic E-state index is -0.500. The van der Waals surface area contributed by atoms with Crippen LogP contribution in [0.3, 0.4) is 0 Å². The van der Waals surface area contributed by atoms with Crippen LogP contribution in [-0.2, 0) is 0 Å². The van der Waals surface area contributed by atoms with Crippen LogP contribution in [0.15, 0.2) is 36.5 Å². The topological polar surface area (TPSA) is 85.8 Å². The molecule has 0 bridgehead atoms. The molecule has 2 heterocycles. The number of aryl methyl sites for hydroxylation is 2. The number of benzene rings is 1. The Morgan fingerprint density at radius 3 is 2.64 bits per heavy atom. The Bertz CT molecular complexity index is 902. The van der Waals surface area contributed by atoms with E-state index in [-0.39, 0.29) is 5.82 Å². The number of imidazole rings is 1. The van der Waals surface area contributed by atoms with E-state index in [9.17, 15) is 10.1 Å². The van der Waals surface area contributed by atoms with Crippen LogP contribution in [0, 0.1) is 24.0 Å². The maximum atomic E-state index is 11.0. The number of hydrogen-bond donors (Lipinski definition) is 0. The molecule has 0 N–H and O–H groups in total. The first-order chi connectivity index (χ1) is 11.9. The van der Waals surface area contributed by atoms with Gasteiger partial charge >= 0.3 is 5.82 Å². The van der Waals surface area contributed by atoms with Crippen LogP contribution in [0.4, 0.5) is 11.6 Å². The van der Waals surface area contributed by atoms with Gasteiger partial charge in [0.05, 0.1) is 6.54 Å². The zero-order chi connectivity index (χ0) is 18.0. The fraction of sp³-hybridized carbons (Fsp3) is 0.294. The smallest absolute Gasteiger partial charge is 0.368 e. The standard InChI is InChI=1S/C17H19N5O3/c1-12-8-13(2)10-14(9-12)25-7-6-20(3)16-5-4-15-18-11-17(22(23)24)21(15)19-16/h4-5,8-11H,6-7H2,1-3H3. The third-order valence-electron chi connectivity index (χ3n) is 3.80. The quantitative estimate of drug-likeness (QED) is 0.506. The summed E-state index contributed by atoms with van der Waals surface area (Å²) in [6, 6.07) is 9.56. The number of rotatable bonds is 6. The van der Waals surface area contributed by atoms with Gasteiger partial charge in [-0.2, -0.15) is 0 Å². The number of ether oxygens (including phenoxy) is 1. The highest BCUT2D eigenvalue weighted by atomic mass is 16.6. The predicted octanol–water partition coefficient (Wildman–Crippen LogP) is 2.77. The molecule has 0 radical (unpaired) electrons. The van der Waals surface area contributed by atoms with Gasteiger partial charge in [0, 0.05) is 13.1 Å². The Kier molecular flexibility index (Phi) is 4.51. The molecule has 0 fully saturated rings. The Balaban J connectivity index is 1.68. The second kappa shape index (κ2) is 6.76. The molecule has 8 heteroatoms. The van der Waals surface area contributed by atoms with Crippen molar-refractivity contribution in [2.75, 3.05) is 25.1 Å². The molecule has 0 amide bonds. The number of nitrogens with zero attached hydrogens (tertiary/aromatic N) is 5. The molecule has 130 valence electrons. The molecule has 0 spiro atoms. The van der Waals surface area contributed by atoms with Crippen LogP contribution in [0.2, 0.25) is 0 Å². The van der Waals surface area contributed by atoms with Crippen LogP contribution in [0.25, 0.3) is 5.65 Å². The highest BCUT2D eigenvalue weighted by molar-refractivity contribution is 5.49. The first kappa shape index (κ1) is 16.7. The second-order valence-corrected chi connectivity index (χ2v) is 5.93. The number of anilines is 1. The summed E-state index contributed by atoms with van der Waals surface area (Å²) in [6.07, 6.45) is 1.20. The summed E-state index contributed by atoms with van der Waals surface area (Å²) in [5.74, 6) is 1.29. The van der Waals surface area contributed by atoms with Crippen molar-refractivity contribution >= 4 is 17.3 Å². The second-order valence-electron chi connectivity index (χ2n) is 5.93. The number of hydrogen-bond acceptors (Lipinski definition) is 6. The third kappa shape index (κ3) is 3.68. The molecule has 0 aliphatic rings. The van der Waals surface area contributed by atoms with E-state index in [2.05, 4.69) is 16.1 Å². The van der Waals surface area contributed by atoms with Crippen molar-refractivity contribution in [2.45, 2.75) is 13.8 Å². The van der Waals surface area contributed by atoms with Crippen LogP contribution < -0.4 is 9.64 Å². The summed E-state index contributed by atoms with van der Waals surface area (Å²) in [4.78, 5) is 16.4. The van der Waals surface area contributed by atoms with Crippen molar-refractivity contribution in [3.8, 4) is 5.75 Å². The average Bonchev–Trinajstić information content (AvgIpc) is 2.97. The van der Waals surface area contributed by atoms with Gasteiger partial charge in [-0.15, -0.1) is 0 Å². The van der Waals surface area contributed by atoms with Gasteiger partial charge in [0.1, 0.15) is 18.6 Å². The maximum Gasteiger partial charge on any atom is 0.368 e. The van der Waals surface area contributed by atoms with Gasteiger partial charge in [-0.3, -0.25) is 0 Å². The summed E-state index contributed by atoms with van der Waals surface area (Å²) in [6.45, 7) is 5.13. The van der Waals surface area contributed by atoms with Gasteiger partial charge in [0.2, 0.25) is 5.65 Å². The van der Waals surface area contributed by atoms with Crippen molar-refractivity contribution in [1.82, 2.24) is 14.6 Å². The first-order valence-corrected chi connectivity index (χ1v) is 7.85. The lowest BCUT2D eigenvalue weighted by molar-refractivity contribution is -0.391. The zero-order valence-electron chi connectivity index (χ0n) is 14.3. The third-order valence-corrected chi connectivity index (χ3v) is 3.80. The SMILES string of the molecule is Cc1cc(C)cc(OCCN(C)c2ccc3ncc([N+](=O)[O-])n3n2)c1. The molecular formula is C17H19N5O3. The van der Waals surface area contributed by atoms with E-state index in [4.69, 9.17) is 4.74 Å². The van der Waals surface area contributed by atoms with Crippen LogP contribution in [-0.4, -0.2) is 39.7 Å². The summed E-state index contributed by atoms with van der Waals surface area (Å²) in [7, 11) is 1.86. The van der Waals surface area contributed by atoms with Gasteiger partial charge in [-0.1, -0.05) is 15.7 Å². The van der Waals surface area contributed by atoms with Crippen molar-refractivity contribution in [1.29, 1.82) is 0 Å². The van der Waals surface area contributed by atoms with E-state index in [0.29, 0.717) is 24.6 Å². The van der Waals surface area contributed by atoms with E-state index < -0.39 is 4.92 Å². The largest absolute Gasteiger partial charge is 0.492 e. The fourth-order valence-electron chi connectivity index (χ4n) is 2.61. The highest BCUT2D eigenvalue weighted by Gasteiger charge is 2.17. The molecule has 0 aliphatic carbocycles. The van der Waals surface area contributed by atoms with E-state index in [0.717, 1.165) is 16.9 Å². The normalized spacial score (nSPS) is 10.8. The van der Waals surface area contributed by atoms with E-state index in [1.54, 1.807) is 12.1 Å². The molecule has 8 nitrogen and oxygen atoms in total. The van der Waals surface area contributed by atoms with E-state index in [1.165, 1.54) is 10.7 Å². The lowest BCUT2D eigenvalue weighted by Crippen LogP contribution is -2.25. The molecule has 3 aromatic rings. The summed E-state index contributed by atoms with van der Waals surface area (Å²) < 4.78 is 7.03. The monoisotopic (exact) mass is 341 g/mol. The van der Waals surface area contributed by atoms with Crippen molar-refractivity contribution in [3.05, 3.63) is 57.8 Å². The van der Waals surface area contributed by atoms with Gasteiger partial charge in [-0.25, -0.2) is 4.98 Å². The number of nitro groups is 1. The summed E-state index contributed by atoms with van der Waals surface area (Å²) in [5, 5.41) is 15.3. The van der Waals surface area contributed by atoms with Crippen molar-refractivity contribution in [3.63, 3.8) is 0 Å². The molecule has 0 saturated carbocycles. The van der Waals surface area contributed by atoms with Gasteiger partial charge in [0.25, 0.3) is 0 Å². The van der Waals surface area contributed by atoms with Gasteiger partial charge in [0.15, 0.2) is 5.82 Å². The molecule has 2 aromatic heterocycles. The minimum absolute atomic E-state index is 0.156. The minimum Gasteiger partial charge on any atom is -0.492 e. The Labute approximate surface area is 144 Å². The Hall–Kier alpha value is -3.16. The van der Waals surface area contributed by atoms with Crippen molar-refractivity contribution in [2.24, 2.45) is 0 Å². The van der Waals surface area contributed by atoms with Gasteiger partial charge < -0.3 is 19.8 Å². The van der Waals surface area contributed by atoms with Crippen LogP contribution in [0.1, 0.15) is 11.1 Å². The summed E-state index contributed by atoms with van der Waals surface area (Å²) in [5.41, 5.74) is 2.75. The van der Waals surface area contributed by atoms with Crippen LogP contribution >= 0.6 is 0 Å². The summed E-state index contributed by atoms with van der Waals surface area (Å²) >= 11 is 0. The van der Waals surface area contributed by atoms with E-state index in [1.807, 2.05) is 37.9 Å². The first-order valence-electron chi connectivity index (χ1n) is 7.85. The van der Waals surface area contributed by atoms with Gasteiger partial charge in [-0.05, 0) is 48.1 Å².